The third-order valence-corrected chi connectivity index (χ3v) is 4.68. The van der Waals surface area contributed by atoms with Crippen molar-refractivity contribution in [3.63, 3.8) is 0 Å². The summed E-state index contributed by atoms with van der Waals surface area (Å²) in [6.07, 6.45) is 6.81. The van der Waals surface area contributed by atoms with Crippen molar-refractivity contribution in [2.75, 3.05) is 5.32 Å². The van der Waals surface area contributed by atoms with Crippen molar-refractivity contribution >= 4 is 28.3 Å². The SMILES string of the molecule is O=C(O)[C@@H]1CC=CC[C@H]1C(=O)Nc1nnc(C2CC2)s1. The van der Waals surface area contributed by atoms with Crippen LogP contribution in [0.5, 0.6) is 0 Å². The Bertz CT molecular complexity index is 565. The van der Waals surface area contributed by atoms with Crippen LogP contribution < -0.4 is 5.32 Å². The Labute approximate surface area is 119 Å². The smallest absolute Gasteiger partial charge is 0.307 e. The number of allylic oxidation sites excluding steroid dienone is 2. The molecular formula is C13H15N3O3S. The second-order valence-corrected chi connectivity index (χ2v) is 6.21. The van der Waals surface area contributed by atoms with Crippen molar-refractivity contribution in [3.8, 4) is 0 Å². The highest BCUT2D eigenvalue weighted by Gasteiger charge is 2.34. The van der Waals surface area contributed by atoms with E-state index in [-0.39, 0.29) is 5.91 Å². The van der Waals surface area contributed by atoms with E-state index in [9.17, 15) is 9.59 Å². The number of hydrogen-bond donors (Lipinski definition) is 2. The molecule has 0 bridgehead atoms. The van der Waals surface area contributed by atoms with Gasteiger partial charge in [-0.05, 0) is 25.7 Å². The average molecular weight is 293 g/mol. The van der Waals surface area contributed by atoms with Crippen LogP contribution in [0.1, 0.15) is 36.6 Å². The molecule has 0 aliphatic heterocycles. The van der Waals surface area contributed by atoms with Gasteiger partial charge in [0, 0.05) is 5.92 Å². The van der Waals surface area contributed by atoms with E-state index in [0.717, 1.165) is 17.8 Å². The molecule has 0 aromatic carbocycles. The number of carbonyl (C=O) groups excluding carboxylic acids is 1. The minimum Gasteiger partial charge on any atom is -0.481 e. The Morgan fingerprint density at radius 1 is 1.20 bits per heavy atom. The van der Waals surface area contributed by atoms with Crippen LogP contribution in [-0.2, 0) is 9.59 Å². The molecule has 2 N–H and O–H groups in total. The molecule has 6 nitrogen and oxygen atoms in total. The van der Waals surface area contributed by atoms with E-state index in [1.807, 2.05) is 12.2 Å². The summed E-state index contributed by atoms with van der Waals surface area (Å²) in [6.45, 7) is 0. The molecule has 1 saturated carbocycles. The first-order valence-corrected chi connectivity index (χ1v) is 7.49. The largest absolute Gasteiger partial charge is 0.481 e. The number of rotatable bonds is 4. The predicted molar refractivity (Wildman–Crippen MR) is 73.5 cm³/mol. The number of nitrogens with zero attached hydrogens (tertiary/aromatic N) is 2. The zero-order valence-corrected chi connectivity index (χ0v) is 11.6. The normalized spacial score (nSPS) is 25.4. The third kappa shape index (κ3) is 2.72. The van der Waals surface area contributed by atoms with Gasteiger partial charge in [0.25, 0.3) is 0 Å². The Morgan fingerprint density at radius 3 is 2.55 bits per heavy atom. The van der Waals surface area contributed by atoms with Crippen LogP contribution >= 0.6 is 11.3 Å². The molecule has 2 aliphatic carbocycles. The summed E-state index contributed by atoms with van der Waals surface area (Å²) < 4.78 is 0. The van der Waals surface area contributed by atoms with Crippen molar-refractivity contribution in [1.82, 2.24) is 10.2 Å². The third-order valence-electron chi connectivity index (χ3n) is 3.68. The monoisotopic (exact) mass is 293 g/mol. The van der Waals surface area contributed by atoms with Crippen LogP contribution in [0.4, 0.5) is 5.13 Å². The highest BCUT2D eigenvalue weighted by molar-refractivity contribution is 7.15. The van der Waals surface area contributed by atoms with Crippen molar-refractivity contribution in [2.24, 2.45) is 11.8 Å². The van der Waals surface area contributed by atoms with Gasteiger partial charge in [0.15, 0.2) is 0 Å². The summed E-state index contributed by atoms with van der Waals surface area (Å²) in [4.78, 5) is 23.4. The lowest BCUT2D eigenvalue weighted by Crippen LogP contribution is -2.34. The second kappa shape index (κ2) is 5.32. The number of nitrogens with one attached hydrogen (secondary N) is 1. The Kier molecular flexibility index (Phi) is 3.52. The average Bonchev–Trinajstić information content (AvgIpc) is 3.19. The standard InChI is InChI=1S/C13H15N3O3S/c17-10(8-3-1-2-4-9(8)12(18)19)14-13-16-15-11(20-13)7-5-6-7/h1-2,7-9H,3-6H2,(H,18,19)(H,14,16,17)/t8-,9-/m1/s1. The zero-order chi connectivity index (χ0) is 14.1. The van der Waals surface area contributed by atoms with Crippen LogP contribution in [0.25, 0.3) is 0 Å². The lowest BCUT2D eigenvalue weighted by molar-refractivity contribution is -0.146. The molecule has 0 spiro atoms. The van der Waals surface area contributed by atoms with Gasteiger partial charge < -0.3 is 10.4 Å². The molecule has 0 radical (unpaired) electrons. The van der Waals surface area contributed by atoms with Crippen LogP contribution in [0.3, 0.4) is 0 Å². The number of hydrogen-bond acceptors (Lipinski definition) is 5. The van der Waals surface area contributed by atoms with E-state index in [1.165, 1.54) is 11.3 Å². The lowest BCUT2D eigenvalue weighted by Gasteiger charge is -2.23. The lowest BCUT2D eigenvalue weighted by atomic mass is 9.82. The number of carbonyl (C=O) groups is 2. The Balaban J connectivity index is 1.67. The number of amides is 1. The van der Waals surface area contributed by atoms with Gasteiger partial charge >= 0.3 is 5.97 Å². The van der Waals surface area contributed by atoms with Gasteiger partial charge in [-0.2, -0.15) is 0 Å². The highest BCUT2D eigenvalue weighted by Crippen LogP contribution is 2.42. The first kappa shape index (κ1) is 13.2. The fourth-order valence-corrected chi connectivity index (χ4v) is 3.27. The van der Waals surface area contributed by atoms with E-state index in [0.29, 0.717) is 23.9 Å². The van der Waals surface area contributed by atoms with Crippen molar-refractivity contribution in [3.05, 3.63) is 17.2 Å². The highest BCUT2D eigenvalue weighted by atomic mass is 32.1. The van der Waals surface area contributed by atoms with Crippen molar-refractivity contribution in [2.45, 2.75) is 31.6 Å². The van der Waals surface area contributed by atoms with Gasteiger partial charge in [0.05, 0.1) is 11.8 Å². The number of aliphatic carboxylic acids is 1. The predicted octanol–water partition coefficient (Wildman–Crippen LogP) is 2.02. The maximum absolute atomic E-state index is 12.2. The van der Waals surface area contributed by atoms with Gasteiger partial charge in [0.1, 0.15) is 5.01 Å². The van der Waals surface area contributed by atoms with Crippen LogP contribution in [0.2, 0.25) is 0 Å². The molecule has 1 aromatic heterocycles. The zero-order valence-electron chi connectivity index (χ0n) is 10.8. The molecular weight excluding hydrogens is 278 g/mol. The van der Waals surface area contributed by atoms with Gasteiger partial charge in [-0.3, -0.25) is 9.59 Å². The number of carboxylic acids is 1. The van der Waals surface area contributed by atoms with E-state index >= 15 is 0 Å². The molecule has 1 heterocycles. The van der Waals surface area contributed by atoms with E-state index in [4.69, 9.17) is 5.11 Å². The van der Waals surface area contributed by atoms with E-state index < -0.39 is 17.8 Å². The molecule has 1 fully saturated rings. The Morgan fingerprint density at radius 2 is 1.90 bits per heavy atom. The second-order valence-electron chi connectivity index (χ2n) is 5.20. The topological polar surface area (TPSA) is 92.2 Å². The fourth-order valence-electron chi connectivity index (χ4n) is 2.36. The molecule has 0 saturated heterocycles. The summed E-state index contributed by atoms with van der Waals surface area (Å²) in [5.41, 5.74) is 0. The van der Waals surface area contributed by atoms with Crippen LogP contribution in [-0.4, -0.2) is 27.2 Å². The van der Waals surface area contributed by atoms with Crippen molar-refractivity contribution < 1.29 is 14.7 Å². The molecule has 2 atom stereocenters. The number of carboxylic acid groups (broad SMARTS) is 1. The van der Waals surface area contributed by atoms with Crippen LogP contribution in [0, 0.1) is 11.8 Å². The summed E-state index contributed by atoms with van der Waals surface area (Å²) in [7, 11) is 0. The maximum atomic E-state index is 12.2. The molecule has 0 unspecified atom stereocenters. The Hall–Kier alpha value is -1.76. The minimum absolute atomic E-state index is 0.278. The molecule has 20 heavy (non-hydrogen) atoms. The molecule has 1 aromatic rings. The molecule has 7 heteroatoms. The quantitative estimate of drug-likeness (QED) is 0.829. The minimum atomic E-state index is -0.926. The summed E-state index contributed by atoms with van der Waals surface area (Å²) in [6, 6.07) is 0. The first-order valence-electron chi connectivity index (χ1n) is 6.67. The maximum Gasteiger partial charge on any atom is 0.307 e. The fraction of sp³-hybridized carbons (Fsp3) is 0.538. The van der Waals surface area contributed by atoms with Gasteiger partial charge in [-0.15, -0.1) is 10.2 Å². The number of aromatic nitrogens is 2. The molecule has 3 rings (SSSR count). The van der Waals surface area contributed by atoms with Crippen LogP contribution in [0.15, 0.2) is 12.2 Å². The summed E-state index contributed by atoms with van der Waals surface area (Å²) >= 11 is 1.39. The van der Waals surface area contributed by atoms with E-state index in [1.54, 1.807) is 0 Å². The van der Waals surface area contributed by atoms with Gasteiger partial charge in [0.2, 0.25) is 11.0 Å². The van der Waals surface area contributed by atoms with Gasteiger partial charge in [-0.1, -0.05) is 23.5 Å². The molecule has 1 amide bonds. The summed E-state index contributed by atoms with van der Waals surface area (Å²) in [5, 5.41) is 21.3. The first-order chi connectivity index (χ1) is 9.65. The molecule has 106 valence electrons. The van der Waals surface area contributed by atoms with Crippen molar-refractivity contribution in [1.29, 1.82) is 0 Å². The summed E-state index contributed by atoms with van der Waals surface area (Å²) in [5.74, 6) is -1.89. The number of anilines is 1. The van der Waals surface area contributed by atoms with E-state index in [2.05, 4.69) is 15.5 Å². The molecule has 2 aliphatic rings. The van der Waals surface area contributed by atoms with Gasteiger partial charge in [-0.25, -0.2) is 0 Å².